The molecule has 0 bridgehead atoms. The maximum atomic E-state index is 12.0. The fraction of sp³-hybridized carbons (Fsp3) is 0.500. The molecule has 1 amide bonds. The number of nitrogens with one attached hydrogen (secondary N) is 1. The first-order valence-corrected chi connectivity index (χ1v) is 7.56. The summed E-state index contributed by atoms with van der Waals surface area (Å²) in [6, 6.07) is 8.65. The van der Waals surface area contributed by atoms with Crippen LogP contribution in [-0.4, -0.2) is 30.6 Å². The molecule has 2 aliphatic rings. The second-order valence-electron chi connectivity index (χ2n) is 5.77. The highest BCUT2D eigenvalue weighted by molar-refractivity contribution is 5.94. The monoisotopic (exact) mass is 287 g/mol. The number of benzene rings is 1. The summed E-state index contributed by atoms with van der Waals surface area (Å²) >= 11 is 0. The minimum absolute atomic E-state index is 0.0350. The van der Waals surface area contributed by atoms with Crippen LogP contribution in [0.15, 0.2) is 29.3 Å². The zero-order valence-electron chi connectivity index (χ0n) is 12.0. The summed E-state index contributed by atoms with van der Waals surface area (Å²) in [5.74, 6) is 0.0350. The molecule has 5 heteroatoms. The van der Waals surface area contributed by atoms with E-state index in [0.717, 1.165) is 31.2 Å². The molecular formula is C16H21N3O2. The molecule has 3 N–H and O–H groups in total. The zero-order valence-corrected chi connectivity index (χ0v) is 12.0. The lowest BCUT2D eigenvalue weighted by Gasteiger charge is -2.26. The molecule has 1 aromatic rings. The first-order valence-electron chi connectivity index (χ1n) is 7.56. The van der Waals surface area contributed by atoms with Crippen molar-refractivity contribution in [3.8, 4) is 0 Å². The average molecular weight is 287 g/mol. The molecule has 1 aliphatic heterocycles. The Bertz CT molecular complexity index is 535. The maximum Gasteiger partial charge on any atom is 0.282 e. The highest BCUT2D eigenvalue weighted by Gasteiger charge is 2.20. The van der Waals surface area contributed by atoms with Crippen LogP contribution in [0.1, 0.15) is 41.6 Å². The number of amides is 1. The van der Waals surface area contributed by atoms with Gasteiger partial charge in [-0.05, 0) is 49.8 Å². The number of hydrogen-bond acceptors (Lipinski definition) is 4. The third kappa shape index (κ3) is 3.54. The van der Waals surface area contributed by atoms with Crippen molar-refractivity contribution in [1.29, 1.82) is 0 Å². The molecule has 1 aromatic carbocycles. The Hall–Kier alpha value is -2.04. The molecule has 0 spiro atoms. The number of amidine groups is 1. The molecule has 1 fully saturated rings. The lowest BCUT2D eigenvalue weighted by atomic mass is 9.93. The minimum atomic E-state index is 0.0350. The SMILES string of the molecule is NC1=N[C@@H](CCc2ccc(C(=O)NC3CCC3)cc2)CO1. The van der Waals surface area contributed by atoms with Crippen LogP contribution in [0.2, 0.25) is 0 Å². The Kier molecular flexibility index (Phi) is 4.08. The van der Waals surface area contributed by atoms with Gasteiger partial charge in [0.15, 0.2) is 0 Å². The molecule has 0 aromatic heterocycles. The van der Waals surface area contributed by atoms with Crippen LogP contribution in [-0.2, 0) is 11.2 Å². The van der Waals surface area contributed by atoms with E-state index in [4.69, 9.17) is 10.5 Å². The summed E-state index contributed by atoms with van der Waals surface area (Å²) in [4.78, 5) is 16.2. The average Bonchev–Trinajstić information content (AvgIpc) is 2.87. The van der Waals surface area contributed by atoms with E-state index < -0.39 is 0 Å². The Morgan fingerprint density at radius 3 is 2.67 bits per heavy atom. The summed E-state index contributed by atoms with van der Waals surface area (Å²) in [5, 5.41) is 3.05. The van der Waals surface area contributed by atoms with E-state index >= 15 is 0 Å². The summed E-state index contributed by atoms with van der Waals surface area (Å²) in [6.07, 6.45) is 5.26. The largest absolute Gasteiger partial charge is 0.463 e. The van der Waals surface area contributed by atoms with Gasteiger partial charge in [0.05, 0.1) is 6.04 Å². The van der Waals surface area contributed by atoms with E-state index in [1.165, 1.54) is 12.0 Å². The molecule has 0 saturated heterocycles. The van der Waals surface area contributed by atoms with Crippen LogP contribution in [0.25, 0.3) is 0 Å². The molecule has 1 aliphatic carbocycles. The van der Waals surface area contributed by atoms with E-state index in [1.807, 2.05) is 24.3 Å². The Labute approximate surface area is 124 Å². The molecule has 3 rings (SSSR count). The molecular weight excluding hydrogens is 266 g/mol. The predicted molar refractivity (Wildman–Crippen MR) is 81.2 cm³/mol. The number of hydrogen-bond donors (Lipinski definition) is 2. The van der Waals surface area contributed by atoms with Gasteiger partial charge in [-0.3, -0.25) is 4.79 Å². The number of nitrogens with zero attached hydrogens (tertiary/aromatic N) is 1. The van der Waals surface area contributed by atoms with Gasteiger partial charge in [-0.2, -0.15) is 0 Å². The van der Waals surface area contributed by atoms with E-state index in [-0.39, 0.29) is 11.9 Å². The summed E-state index contributed by atoms with van der Waals surface area (Å²) in [5.41, 5.74) is 7.42. The number of ether oxygens (including phenoxy) is 1. The van der Waals surface area contributed by atoms with E-state index in [2.05, 4.69) is 10.3 Å². The van der Waals surface area contributed by atoms with Gasteiger partial charge in [-0.1, -0.05) is 12.1 Å². The van der Waals surface area contributed by atoms with Gasteiger partial charge in [0.2, 0.25) is 0 Å². The molecule has 21 heavy (non-hydrogen) atoms. The van der Waals surface area contributed by atoms with Crippen molar-refractivity contribution in [1.82, 2.24) is 5.32 Å². The van der Waals surface area contributed by atoms with Crippen LogP contribution in [0.3, 0.4) is 0 Å². The van der Waals surface area contributed by atoms with E-state index in [1.54, 1.807) is 0 Å². The molecule has 0 unspecified atom stereocenters. The summed E-state index contributed by atoms with van der Waals surface area (Å²) in [7, 11) is 0. The van der Waals surface area contributed by atoms with Gasteiger partial charge in [-0.25, -0.2) is 4.99 Å². The highest BCUT2D eigenvalue weighted by atomic mass is 16.5. The lowest BCUT2D eigenvalue weighted by molar-refractivity contribution is 0.0917. The van der Waals surface area contributed by atoms with Crippen molar-refractivity contribution < 1.29 is 9.53 Å². The predicted octanol–water partition coefficient (Wildman–Crippen LogP) is 1.61. The standard InChI is InChI=1S/C16H21N3O2/c17-16-19-14(10-21-16)9-6-11-4-7-12(8-5-11)15(20)18-13-2-1-3-13/h4-5,7-8,13-14H,1-3,6,9-10H2,(H2,17,19)(H,18,20)/t14-/m0/s1. The van der Waals surface area contributed by atoms with Gasteiger partial charge < -0.3 is 15.8 Å². The Balaban J connectivity index is 1.50. The lowest BCUT2D eigenvalue weighted by Crippen LogP contribution is -2.39. The summed E-state index contributed by atoms with van der Waals surface area (Å²) in [6.45, 7) is 0.577. The van der Waals surface area contributed by atoms with Crippen molar-refractivity contribution >= 4 is 11.9 Å². The molecule has 1 atom stereocenters. The number of aliphatic imine (C=N–C) groups is 1. The normalized spacial score (nSPS) is 21.3. The molecule has 1 heterocycles. The smallest absolute Gasteiger partial charge is 0.282 e. The zero-order chi connectivity index (χ0) is 14.7. The fourth-order valence-electron chi connectivity index (χ4n) is 2.56. The number of aryl methyl sites for hydroxylation is 1. The fourth-order valence-corrected chi connectivity index (χ4v) is 2.56. The second-order valence-corrected chi connectivity index (χ2v) is 5.77. The third-order valence-corrected chi connectivity index (χ3v) is 4.16. The second kappa shape index (κ2) is 6.16. The van der Waals surface area contributed by atoms with Crippen molar-refractivity contribution in [2.45, 2.75) is 44.2 Å². The molecule has 5 nitrogen and oxygen atoms in total. The van der Waals surface area contributed by atoms with Gasteiger partial charge in [0.25, 0.3) is 11.9 Å². The van der Waals surface area contributed by atoms with Crippen molar-refractivity contribution in [2.75, 3.05) is 6.61 Å². The van der Waals surface area contributed by atoms with Gasteiger partial charge in [0, 0.05) is 11.6 Å². The van der Waals surface area contributed by atoms with Crippen LogP contribution in [0.4, 0.5) is 0 Å². The van der Waals surface area contributed by atoms with Crippen LogP contribution in [0, 0.1) is 0 Å². The van der Waals surface area contributed by atoms with Gasteiger partial charge in [-0.15, -0.1) is 0 Å². The Morgan fingerprint density at radius 2 is 2.10 bits per heavy atom. The first kappa shape index (κ1) is 13.9. The first-order chi connectivity index (χ1) is 10.2. The quantitative estimate of drug-likeness (QED) is 0.864. The minimum Gasteiger partial charge on any atom is -0.463 e. The third-order valence-electron chi connectivity index (χ3n) is 4.16. The van der Waals surface area contributed by atoms with Crippen LogP contribution in [0.5, 0.6) is 0 Å². The maximum absolute atomic E-state index is 12.0. The van der Waals surface area contributed by atoms with Gasteiger partial charge >= 0.3 is 0 Å². The number of rotatable bonds is 5. The Morgan fingerprint density at radius 1 is 1.33 bits per heavy atom. The van der Waals surface area contributed by atoms with Crippen molar-refractivity contribution in [3.05, 3.63) is 35.4 Å². The number of nitrogens with two attached hydrogens (primary N) is 1. The van der Waals surface area contributed by atoms with Crippen molar-refractivity contribution in [2.24, 2.45) is 10.7 Å². The number of carbonyl (C=O) groups excluding carboxylic acids is 1. The van der Waals surface area contributed by atoms with Crippen LogP contribution < -0.4 is 11.1 Å². The van der Waals surface area contributed by atoms with E-state index in [9.17, 15) is 4.79 Å². The number of carbonyl (C=O) groups is 1. The van der Waals surface area contributed by atoms with E-state index in [0.29, 0.717) is 18.7 Å². The molecule has 112 valence electrons. The summed E-state index contributed by atoms with van der Waals surface area (Å²) < 4.78 is 5.13. The highest BCUT2D eigenvalue weighted by Crippen LogP contribution is 2.19. The molecule has 1 saturated carbocycles. The van der Waals surface area contributed by atoms with Gasteiger partial charge in [0.1, 0.15) is 6.61 Å². The van der Waals surface area contributed by atoms with Crippen molar-refractivity contribution in [3.63, 3.8) is 0 Å². The molecule has 0 radical (unpaired) electrons. The topological polar surface area (TPSA) is 76.7 Å². The van der Waals surface area contributed by atoms with Crippen LogP contribution >= 0.6 is 0 Å².